The minimum absolute atomic E-state index is 0.109. The van der Waals surface area contributed by atoms with E-state index in [0.717, 1.165) is 22.6 Å². The van der Waals surface area contributed by atoms with E-state index in [2.05, 4.69) is 4.99 Å². The van der Waals surface area contributed by atoms with Gasteiger partial charge in [0.1, 0.15) is 11.5 Å². The number of fused-ring (bicyclic) bond motifs is 1. The molecule has 3 aromatic carbocycles. The van der Waals surface area contributed by atoms with Crippen LogP contribution in [0.5, 0.6) is 5.75 Å². The molecule has 27 heavy (non-hydrogen) atoms. The lowest BCUT2D eigenvalue weighted by atomic mass is 10.1. The van der Waals surface area contributed by atoms with E-state index in [4.69, 9.17) is 16.3 Å². The Balaban J connectivity index is 1.70. The Labute approximate surface area is 162 Å². The highest BCUT2D eigenvalue weighted by Crippen LogP contribution is 2.32. The van der Waals surface area contributed by atoms with E-state index in [-0.39, 0.29) is 5.91 Å². The van der Waals surface area contributed by atoms with E-state index in [1.54, 1.807) is 12.0 Å². The third kappa shape index (κ3) is 3.44. The third-order valence-corrected chi connectivity index (χ3v) is 4.72. The molecule has 0 fully saturated rings. The highest BCUT2D eigenvalue weighted by Gasteiger charge is 2.33. The second kappa shape index (κ2) is 7.25. The molecule has 1 amide bonds. The third-order valence-electron chi connectivity index (χ3n) is 4.46. The van der Waals surface area contributed by atoms with Gasteiger partial charge in [0.2, 0.25) is 0 Å². The van der Waals surface area contributed by atoms with Crippen molar-refractivity contribution in [3.05, 3.63) is 88.9 Å². The number of nitrogens with zero attached hydrogens (tertiary/aromatic N) is 2. The zero-order valence-electron chi connectivity index (χ0n) is 14.7. The number of hydrogen-bond donors (Lipinski definition) is 0. The van der Waals surface area contributed by atoms with Crippen LogP contribution in [0.15, 0.2) is 77.8 Å². The molecular formula is C22H17ClN2O2. The molecule has 0 aliphatic carbocycles. The Kier molecular flexibility index (Phi) is 4.65. The predicted octanol–water partition coefficient (Wildman–Crippen LogP) is 5.02. The number of ether oxygens (including phenoxy) is 1. The number of aliphatic imine (C=N–C) groups is 1. The summed E-state index contributed by atoms with van der Waals surface area (Å²) in [7, 11) is 1.62. The topological polar surface area (TPSA) is 41.9 Å². The van der Waals surface area contributed by atoms with Crippen LogP contribution in [0.4, 0.5) is 11.4 Å². The molecule has 0 saturated carbocycles. The molecule has 4 nitrogen and oxygen atoms in total. The van der Waals surface area contributed by atoms with Crippen molar-refractivity contribution < 1.29 is 9.53 Å². The Bertz CT molecular complexity index is 1010. The molecule has 0 saturated heterocycles. The smallest absolute Gasteiger partial charge is 0.277 e. The maximum absolute atomic E-state index is 13.1. The normalized spacial score (nSPS) is 14.5. The van der Waals surface area contributed by atoms with Gasteiger partial charge in [0.05, 0.1) is 25.0 Å². The molecule has 0 unspecified atom stereocenters. The maximum atomic E-state index is 13.1. The lowest BCUT2D eigenvalue weighted by molar-refractivity contribution is -0.112. The van der Waals surface area contributed by atoms with Crippen LogP contribution in [-0.4, -0.2) is 18.7 Å². The van der Waals surface area contributed by atoms with Gasteiger partial charge in [-0.3, -0.25) is 4.79 Å². The summed E-state index contributed by atoms with van der Waals surface area (Å²) in [5.41, 5.74) is 3.87. The van der Waals surface area contributed by atoms with Crippen molar-refractivity contribution in [2.75, 3.05) is 12.0 Å². The van der Waals surface area contributed by atoms with Gasteiger partial charge < -0.3 is 9.64 Å². The summed E-state index contributed by atoms with van der Waals surface area (Å²) in [5, 5.41) is 0.675. The number of para-hydroxylation sites is 1. The van der Waals surface area contributed by atoms with Crippen molar-refractivity contribution in [1.82, 2.24) is 0 Å². The number of amides is 1. The summed E-state index contributed by atoms with van der Waals surface area (Å²) in [5.74, 6) is 0.642. The minimum Gasteiger partial charge on any atom is -0.497 e. The highest BCUT2D eigenvalue weighted by atomic mass is 35.5. The number of carbonyl (C=O) groups is 1. The Morgan fingerprint density at radius 3 is 2.37 bits per heavy atom. The Morgan fingerprint density at radius 2 is 1.67 bits per heavy atom. The van der Waals surface area contributed by atoms with Gasteiger partial charge in [0.25, 0.3) is 5.91 Å². The van der Waals surface area contributed by atoms with Crippen molar-refractivity contribution in [2.24, 2.45) is 4.99 Å². The van der Waals surface area contributed by atoms with Gasteiger partial charge in [-0.05, 0) is 48.0 Å². The first kappa shape index (κ1) is 17.3. The van der Waals surface area contributed by atoms with Crippen molar-refractivity contribution in [1.29, 1.82) is 0 Å². The highest BCUT2D eigenvalue weighted by molar-refractivity contribution is 6.54. The predicted molar refractivity (Wildman–Crippen MR) is 108 cm³/mol. The summed E-state index contributed by atoms with van der Waals surface area (Å²) in [6.45, 7) is 0.467. The fraction of sp³-hybridized carbons (Fsp3) is 0.0909. The number of halogens is 1. The Hall–Kier alpha value is -3.11. The second-order valence-corrected chi connectivity index (χ2v) is 6.63. The van der Waals surface area contributed by atoms with E-state index in [1.165, 1.54) is 0 Å². The number of carbonyl (C=O) groups excluding carboxylic acids is 1. The second-order valence-electron chi connectivity index (χ2n) is 6.19. The average Bonchev–Trinajstić information content (AvgIpc) is 2.96. The van der Waals surface area contributed by atoms with E-state index in [1.807, 2.05) is 72.8 Å². The maximum Gasteiger partial charge on any atom is 0.277 e. The van der Waals surface area contributed by atoms with Gasteiger partial charge in [0, 0.05) is 10.6 Å². The van der Waals surface area contributed by atoms with Gasteiger partial charge in [-0.1, -0.05) is 41.9 Å². The molecule has 1 aliphatic rings. The van der Waals surface area contributed by atoms with E-state index < -0.39 is 0 Å². The number of methoxy groups -OCH3 is 1. The molecule has 134 valence electrons. The van der Waals surface area contributed by atoms with Gasteiger partial charge in [-0.15, -0.1) is 0 Å². The van der Waals surface area contributed by atoms with Crippen LogP contribution in [-0.2, 0) is 11.3 Å². The number of rotatable bonds is 4. The molecule has 0 radical (unpaired) electrons. The molecule has 3 aromatic rings. The van der Waals surface area contributed by atoms with Gasteiger partial charge in [0.15, 0.2) is 0 Å². The van der Waals surface area contributed by atoms with Crippen LogP contribution >= 0.6 is 11.6 Å². The molecule has 0 bridgehead atoms. The molecular weight excluding hydrogens is 360 g/mol. The van der Waals surface area contributed by atoms with Crippen LogP contribution in [0.3, 0.4) is 0 Å². The molecule has 1 aliphatic heterocycles. The fourth-order valence-corrected chi connectivity index (χ4v) is 3.21. The van der Waals surface area contributed by atoms with Crippen LogP contribution in [0.2, 0.25) is 5.02 Å². The van der Waals surface area contributed by atoms with Crippen LogP contribution in [0.25, 0.3) is 0 Å². The molecule has 4 rings (SSSR count). The van der Waals surface area contributed by atoms with Crippen molar-refractivity contribution in [2.45, 2.75) is 6.54 Å². The molecule has 1 heterocycles. The summed E-state index contributed by atoms with van der Waals surface area (Å²) in [6.07, 6.45) is 0. The van der Waals surface area contributed by atoms with Crippen LogP contribution in [0.1, 0.15) is 11.1 Å². The van der Waals surface area contributed by atoms with Crippen molar-refractivity contribution in [3.8, 4) is 5.75 Å². The first-order valence-electron chi connectivity index (χ1n) is 8.54. The standard InChI is InChI=1S/C22H17ClN2O2/c1-27-18-12-10-17(11-13-18)24-21-19-4-2-3-5-20(19)25(22(21)26)14-15-6-8-16(23)9-7-15/h2-13H,14H2,1H3. The van der Waals surface area contributed by atoms with E-state index in [0.29, 0.717) is 23.0 Å². The molecule has 0 N–H and O–H groups in total. The van der Waals surface area contributed by atoms with Crippen LogP contribution in [0, 0.1) is 0 Å². The van der Waals surface area contributed by atoms with E-state index in [9.17, 15) is 4.79 Å². The number of benzene rings is 3. The lowest BCUT2D eigenvalue weighted by Crippen LogP contribution is -2.29. The zero-order valence-corrected chi connectivity index (χ0v) is 15.5. The average molecular weight is 377 g/mol. The quantitative estimate of drug-likeness (QED) is 0.641. The minimum atomic E-state index is -0.109. The van der Waals surface area contributed by atoms with Crippen molar-refractivity contribution in [3.63, 3.8) is 0 Å². The number of anilines is 1. The fourth-order valence-electron chi connectivity index (χ4n) is 3.08. The molecule has 0 aromatic heterocycles. The SMILES string of the molecule is COc1ccc(N=C2C(=O)N(Cc3ccc(Cl)cc3)c3ccccc32)cc1. The Morgan fingerprint density at radius 1 is 0.963 bits per heavy atom. The summed E-state index contributed by atoms with van der Waals surface area (Å²) in [6, 6.07) is 22.6. The van der Waals surface area contributed by atoms with E-state index >= 15 is 0 Å². The van der Waals surface area contributed by atoms with Crippen LogP contribution < -0.4 is 9.64 Å². The summed E-state index contributed by atoms with van der Waals surface area (Å²) in [4.78, 5) is 19.5. The van der Waals surface area contributed by atoms with Crippen molar-refractivity contribution >= 4 is 34.6 Å². The van der Waals surface area contributed by atoms with Gasteiger partial charge in [-0.25, -0.2) is 4.99 Å². The largest absolute Gasteiger partial charge is 0.497 e. The molecule has 0 spiro atoms. The van der Waals surface area contributed by atoms with Gasteiger partial charge >= 0.3 is 0 Å². The summed E-state index contributed by atoms with van der Waals surface area (Å²) < 4.78 is 5.18. The number of hydrogen-bond acceptors (Lipinski definition) is 3. The zero-order chi connectivity index (χ0) is 18.8. The summed E-state index contributed by atoms with van der Waals surface area (Å²) >= 11 is 5.96. The first-order chi connectivity index (χ1) is 13.2. The lowest BCUT2D eigenvalue weighted by Gasteiger charge is -2.16. The van der Waals surface area contributed by atoms with Gasteiger partial charge in [-0.2, -0.15) is 0 Å². The first-order valence-corrected chi connectivity index (χ1v) is 8.92. The monoisotopic (exact) mass is 376 g/mol. The molecule has 5 heteroatoms. The molecule has 0 atom stereocenters.